The van der Waals surface area contributed by atoms with Gasteiger partial charge in [-0.2, -0.15) is 0 Å². The average Bonchev–Trinajstić information content (AvgIpc) is 2.40. The van der Waals surface area contributed by atoms with Gasteiger partial charge in [-0.25, -0.2) is 0 Å². The molecule has 0 amide bonds. The van der Waals surface area contributed by atoms with Gasteiger partial charge in [0.15, 0.2) is 0 Å². The maximum absolute atomic E-state index is 12.1. The van der Waals surface area contributed by atoms with Crippen molar-refractivity contribution >= 4 is 6.98 Å². The first-order valence-corrected chi connectivity index (χ1v) is 4.98. The summed E-state index contributed by atoms with van der Waals surface area (Å²) in [6.07, 6.45) is 2.87. The second kappa shape index (κ2) is 5.19. The summed E-state index contributed by atoms with van der Waals surface area (Å²) in [6, 6.07) is 0. The SMILES string of the molecule is F[B-](F)(F)CN1CC2CCCC2C1.[K+]. The van der Waals surface area contributed by atoms with Crippen LogP contribution in [0.25, 0.3) is 0 Å². The van der Waals surface area contributed by atoms with Crippen LogP contribution < -0.4 is 51.4 Å². The fourth-order valence-electron chi connectivity index (χ4n) is 2.77. The molecule has 0 radical (unpaired) electrons. The van der Waals surface area contributed by atoms with Crippen molar-refractivity contribution in [3.63, 3.8) is 0 Å². The van der Waals surface area contributed by atoms with Crippen LogP contribution in [0.3, 0.4) is 0 Å². The third-order valence-corrected chi connectivity index (χ3v) is 3.27. The topological polar surface area (TPSA) is 3.24 Å². The van der Waals surface area contributed by atoms with E-state index in [0.717, 1.165) is 12.8 Å². The maximum Gasteiger partial charge on any atom is 1.00 e. The van der Waals surface area contributed by atoms with Crippen LogP contribution in [0.15, 0.2) is 0 Å². The predicted octanol–water partition coefficient (Wildman–Crippen LogP) is -0.891. The molecule has 2 rings (SSSR count). The van der Waals surface area contributed by atoms with Crippen molar-refractivity contribution in [2.45, 2.75) is 19.3 Å². The van der Waals surface area contributed by atoms with Crippen molar-refractivity contribution in [1.29, 1.82) is 0 Å². The van der Waals surface area contributed by atoms with Gasteiger partial charge in [0.05, 0.1) is 0 Å². The van der Waals surface area contributed by atoms with Crippen molar-refractivity contribution in [3.8, 4) is 0 Å². The molecule has 2 aliphatic rings. The fourth-order valence-corrected chi connectivity index (χ4v) is 2.77. The van der Waals surface area contributed by atoms with Crippen LogP contribution in [0.1, 0.15) is 19.3 Å². The minimum Gasteiger partial charge on any atom is -0.448 e. The second-order valence-corrected chi connectivity index (χ2v) is 4.38. The molecule has 2 atom stereocenters. The third-order valence-electron chi connectivity index (χ3n) is 3.27. The van der Waals surface area contributed by atoms with Crippen LogP contribution in [0.4, 0.5) is 12.9 Å². The van der Waals surface area contributed by atoms with E-state index in [9.17, 15) is 12.9 Å². The zero-order valence-electron chi connectivity index (χ0n) is 8.56. The largest absolute Gasteiger partial charge is 1.00 e. The number of halogens is 3. The summed E-state index contributed by atoms with van der Waals surface area (Å²) < 4.78 is 36.3. The number of hydrogen-bond donors (Lipinski definition) is 0. The number of nitrogens with zero attached hydrogens (tertiary/aromatic N) is 1. The van der Waals surface area contributed by atoms with E-state index in [2.05, 4.69) is 0 Å². The van der Waals surface area contributed by atoms with E-state index in [0.29, 0.717) is 24.9 Å². The first-order valence-electron chi connectivity index (χ1n) is 4.98. The van der Waals surface area contributed by atoms with Gasteiger partial charge in [0.25, 0.3) is 0 Å². The van der Waals surface area contributed by atoms with E-state index in [1.165, 1.54) is 6.42 Å². The molecule has 0 aromatic rings. The molecule has 0 aromatic carbocycles. The predicted molar refractivity (Wildman–Crippen MR) is 46.3 cm³/mol. The van der Waals surface area contributed by atoms with Crippen LogP contribution in [0, 0.1) is 11.8 Å². The molecular formula is C8H14BF3KN. The molecule has 1 saturated carbocycles. The molecule has 76 valence electrons. The summed E-state index contributed by atoms with van der Waals surface area (Å²) in [7, 11) is 0. The Balaban J connectivity index is 0.000000980. The first-order chi connectivity index (χ1) is 6.04. The van der Waals surface area contributed by atoms with Crippen molar-refractivity contribution in [1.82, 2.24) is 4.90 Å². The standard InChI is InChI=1S/C8H14BF3N.K/c10-9(11,12)6-13-4-7-2-1-3-8(7)5-13;/h7-8H,1-6H2;/q-1;+1. The van der Waals surface area contributed by atoms with Crippen molar-refractivity contribution in [2.75, 3.05) is 19.5 Å². The normalized spacial score (nSPS) is 32.8. The number of likely N-dealkylation sites (tertiary alicyclic amines) is 1. The molecule has 1 heterocycles. The van der Waals surface area contributed by atoms with Crippen LogP contribution in [-0.2, 0) is 0 Å². The average molecular weight is 231 g/mol. The molecule has 1 nitrogen and oxygen atoms in total. The molecule has 0 aromatic heterocycles. The van der Waals surface area contributed by atoms with Gasteiger partial charge < -0.3 is 17.8 Å². The van der Waals surface area contributed by atoms with E-state index in [1.54, 1.807) is 4.90 Å². The summed E-state index contributed by atoms with van der Waals surface area (Å²) in [6.45, 7) is -3.24. The van der Waals surface area contributed by atoms with Gasteiger partial charge in [0.2, 0.25) is 0 Å². The minimum absolute atomic E-state index is 0. The molecule has 0 N–H and O–H groups in total. The Morgan fingerprint density at radius 3 is 2.00 bits per heavy atom. The van der Waals surface area contributed by atoms with E-state index < -0.39 is 13.4 Å². The number of fused-ring (bicyclic) bond motifs is 1. The van der Waals surface area contributed by atoms with Crippen LogP contribution in [0.5, 0.6) is 0 Å². The van der Waals surface area contributed by atoms with Crippen LogP contribution in [-0.4, -0.2) is 31.4 Å². The molecule has 1 aliphatic heterocycles. The summed E-state index contributed by atoms with van der Waals surface area (Å²) in [5.41, 5.74) is 0. The Hall–Kier alpha value is 1.45. The molecule has 2 unspecified atom stereocenters. The van der Waals surface area contributed by atoms with Crippen molar-refractivity contribution in [3.05, 3.63) is 0 Å². The van der Waals surface area contributed by atoms with Gasteiger partial charge in [-0.3, -0.25) is 0 Å². The minimum atomic E-state index is -4.61. The van der Waals surface area contributed by atoms with E-state index in [-0.39, 0.29) is 51.4 Å². The van der Waals surface area contributed by atoms with Crippen LogP contribution >= 0.6 is 0 Å². The monoisotopic (exact) mass is 231 g/mol. The van der Waals surface area contributed by atoms with Gasteiger partial charge in [-0.1, -0.05) is 6.42 Å². The quantitative estimate of drug-likeness (QED) is 0.557. The molecule has 14 heavy (non-hydrogen) atoms. The summed E-state index contributed by atoms with van der Waals surface area (Å²) in [5, 5.41) is 0. The summed E-state index contributed by atoms with van der Waals surface area (Å²) >= 11 is 0. The zero-order chi connectivity index (χ0) is 9.47. The molecule has 0 spiro atoms. The molecular weight excluding hydrogens is 217 g/mol. The Bertz CT molecular complexity index is 188. The number of hydrogen-bond acceptors (Lipinski definition) is 1. The van der Waals surface area contributed by atoms with Gasteiger partial charge >= 0.3 is 58.4 Å². The third kappa shape index (κ3) is 3.49. The molecule has 1 aliphatic carbocycles. The Kier molecular flexibility index (Phi) is 5.01. The Morgan fingerprint density at radius 2 is 1.57 bits per heavy atom. The van der Waals surface area contributed by atoms with Crippen LogP contribution in [0.2, 0.25) is 0 Å². The summed E-state index contributed by atoms with van der Waals surface area (Å²) in [5.74, 6) is 1.14. The van der Waals surface area contributed by atoms with E-state index in [4.69, 9.17) is 0 Å². The van der Waals surface area contributed by atoms with Gasteiger partial charge in [-0.05, 0) is 44.2 Å². The van der Waals surface area contributed by atoms with E-state index >= 15 is 0 Å². The van der Waals surface area contributed by atoms with Crippen molar-refractivity contribution in [2.24, 2.45) is 11.8 Å². The number of rotatable bonds is 2. The summed E-state index contributed by atoms with van der Waals surface area (Å²) in [4.78, 5) is 1.59. The van der Waals surface area contributed by atoms with E-state index in [1.807, 2.05) is 0 Å². The molecule has 1 saturated heterocycles. The second-order valence-electron chi connectivity index (χ2n) is 4.38. The molecule has 6 heteroatoms. The maximum atomic E-state index is 12.1. The molecule has 0 bridgehead atoms. The van der Waals surface area contributed by atoms with Gasteiger partial charge in [-0.15, -0.1) is 0 Å². The Labute approximate surface area is 125 Å². The smallest absolute Gasteiger partial charge is 0.448 e. The Morgan fingerprint density at radius 1 is 1.07 bits per heavy atom. The fraction of sp³-hybridized carbons (Fsp3) is 1.00. The zero-order valence-corrected chi connectivity index (χ0v) is 11.7. The first kappa shape index (κ1) is 13.5. The molecule has 2 fully saturated rings. The van der Waals surface area contributed by atoms with Gasteiger partial charge in [0, 0.05) is 0 Å². The van der Waals surface area contributed by atoms with Crippen molar-refractivity contribution < 1.29 is 64.3 Å². The van der Waals surface area contributed by atoms with Gasteiger partial charge in [0.1, 0.15) is 0 Å².